The van der Waals surface area contributed by atoms with Gasteiger partial charge >= 0.3 is 5.97 Å². The third-order valence-corrected chi connectivity index (χ3v) is 4.05. The highest BCUT2D eigenvalue weighted by Crippen LogP contribution is 2.27. The molecule has 7 nitrogen and oxygen atoms in total. The lowest BCUT2D eigenvalue weighted by molar-refractivity contribution is -0.143. The van der Waals surface area contributed by atoms with E-state index >= 15 is 0 Å². The Morgan fingerprint density at radius 3 is 2.43 bits per heavy atom. The zero-order valence-corrected chi connectivity index (χ0v) is 13.4. The van der Waals surface area contributed by atoms with Gasteiger partial charge in [0.05, 0.1) is 26.8 Å². The fraction of sp³-hybridized carbons (Fsp3) is 0.500. The third kappa shape index (κ3) is 4.35. The summed E-state index contributed by atoms with van der Waals surface area (Å²) in [6.07, 6.45) is 1.23. The summed E-state index contributed by atoms with van der Waals surface area (Å²) in [5.74, 6) is -0.139. The van der Waals surface area contributed by atoms with E-state index in [0.29, 0.717) is 49.7 Å². The molecule has 7 heteroatoms. The van der Waals surface area contributed by atoms with E-state index in [4.69, 9.17) is 14.6 Å². The Bertz CT molecular complexity index is 568. The second-order valence-corrected chi connectivity index (χ2v) is 5.46. The number of aliphatic carboxylic acids is 1. The van der Waals surface area contributed by atoms with E-state index in [1.807, 2.05) is 4.90 Å². The first-order valence-corrected chi connectivity index (χ1v) is 7.50. The van der Waals surface area contributed by atoms with Gasteiger partial charge in [0.15, 0.2) is 11.5 Å². The molecule has 23 heavy (non-hydrogen) atoms. The minimum atomic E-state index is -0.737. The number of carboxylic acids is 1. The fourth-order valence-electron chi connectivity index (χ4n) is 2.60. The van der Waals surface area contributed by atoms with E-state index in [9.17, 15) is 9.59 Å². The monoisotopic (exact) mass is 322 g/mol. The summed E-state index contributed by atoms with van der Waals surface area (Å²) in [5.41, 5.74) is 0.489. The largest absolute Gasteiger partial charge is 0.493 e. The molecule has 0 atom stereocenters. The zero-order valence-electron chi connectivity index (χ0n) is 13.4. The molecule has 0 aromatic heterocycles. The number of amides is 1. The van der Waals surface area contributed by atoms with Crippen LogP contribution < -0.4 is 14.8 Å². The molecule has 2 rings (SSSR count). The van der Waals surface area contributed by atoms with Gasteiger partial charge in [-0.05, 0) is 31.0 Å². The lowest BCUT2D eigenvalue weighted by Gasteiger charge is -2.29. The van der Waals surface area contributed by atoms with Gasteiger partial charge in [0.25, 0.3) is 5.91 Å². The van der Waals surface area contributed by atoms with Crippen molar-refractivity contribution in [2.45, 2.75) is 12.8 Å². The summed E-state index contributed by atoms with van der Waals surface area (Å²) < 4.78 is 10.3. The SMILES string of the molecule is COc1ccc(C(=O)NCN2CCC(C(=O)O)CC2)cc1OC. The molecular formula is C16H22N2O5. The Labute approximate surface area is 135 Å². The number of nitrogens with one attached hydrogen (secondary N) is 1. The summed E-state index contributed by atoms with van der Waals surface area (Å²) in [4.78, 5) is 25.2. The molecule has 2 N–H and O–H groups in total. The molecule has 0 spiro atoms. The Morgan fingerprint density at radius 2 is 1.87 bits per heavy atom. The van der Waals surface area contributed by atoms with E-state index in [0.717, 1.165) is 0 Å². The molecule has 0 saturated carbocycles. The van der Waals surface area contributed by atoms with Crippen molar-refractivity contribution in [1.29, 1.82) is 0 Å². The van der Waals surface area contributed by atoms with E-state index < -0.39 is 5.97 Å². The van der Waals surface area contributed by atoms with Crippen molar-refractivity contribution in [1.82, 2.24) is 10.2 Å². The summed E-state index contributed by atoms with van der Waals surface area (Å²) in [6, 6.07) is 4.99. The van der Waals surface area contributed by atoms with Crippen LogP contribution in [0.4, 0.5) is 0 Å². The van der Waals surface area contributed by atoms with Gasteiger partial charge in [-0.25, -0.2) is 0 Å². The number of rotatable bonds is 6. The third-order valence-electron chi connectivity index (χ3n) is 4.05. The molecule has 1 aliphatic heterocycles. The minimum absolute atomic E-state index is 0.202. The Morgan fingerprint density at radius 1 is 1.22 bits per heavy atom. The number of likely N-dealkylation sites (tertiary alicyclic amines) is 1. The predicted molar refractivity (Wildman–Crippen MR) is 83.8 cm³/mol. The Kier molecular flexibility index (Phi) is 5.81. The van der Waals surface area contributed by atoms with Crippen molar-refractivity contribution in [2.24, 2.45) is 5.92 Å². The first-order chi connectivity index (χ1) is 11.0. The summed E-state index contributed by atoms with van der Waals surface area (Å²) >= 11 is 0. The second kappa shape index (κ2) is 7.82. The van der Waals surface area contributed by atoms with Gasteiger partial charge in [0.2, 0.25) is 0 Å². The maximum atomic E-state index is 12.2. The van der Waals surface area contributed by atoms with Crippen LogP contribution in [0.1, 0.15) is 23.2 Å². The van der Waals surface area contributed by atoms with Crippen LogP contribution in [0.15, 0.2) is 18.2 Å². The van der Waals surface area contributed by atoms with E-state index in [1.54, 1.807) is 25.3 Å². The first-order valence-electron chi connectivity index (χ1n) is 7.50. The average molecular weight is 322 g/mol. The molecule has 0 bridgehead atoms. The smallest absolute Gasteiger partial charge is 0.306 e. The van der Waals surface area contributed by atoms with Crippen LogP contribution in [-0.4, -0.2) is 55.9 Å². The quantitative estimate of drug-likeness (QED) is 0.818. The van der Waals surface area contributed by atoms with E-state index in [1.165, 1.54) is 7.11 Å². The number of benzene rings is 1. The lowest BCUT2D eigenvalue weighted by atomic mass is 9.97. The maximum absolute atomic E-state index is 12.2. The number of carbonyl (C=O) groups excluding carboxylic acids is 1. The summed E-state index contributed by atoms with van der Waals surface area (Å²) in [5, 5.41) is 11.8. The second-order valence-electron chi connectivity index (χ2n) is 5.46. The van der Waals surface area contributed by atoms with Gasteiger partial charge in [0, 0.05) is 18.7 Å². The molecule has 1 amide bonds. The molecule has 0 radical (unpaired) electrons. The lowest BCUT2D eigenvalue weighted by Crippen LogP contribution is -2.43. The zero-order chi connectivity index (χ0) is 16.8. The topological polar surface area (TPSA) is 88.1 Å². The van der Waals surface area contributed by atoms with Crippen molar-refractivity contribution in [2.75, 3.05) is 34.0 Å². The molecule has 1 aliphatic rings. The first kappa shape index (κ1) is 17.1. The van der Waals surface area contributed by atoms with Crippen LogP contribution in [-0.2, 0) is 4.79 Å². The number of hydrogen-bond donors (Lipinski definition) is 2. The Balaban J connectivity index is 1.87. The molecule has 1 fully saturated rings. The molecule has 0 unspecified atom stereocenters. The molecule has 1 aromatic carbocycles. The van der Waals surface area contributed by atoms with Crippen LogP contribution >= 0.6 is 0 Å². The van der Waals surface area contributed by atoms with Crippen LogP contribution in [0.25, 0.3) is 0 Å². The number of carboxylic acid groups (broad SMARTS) is 1. The van der Waals surface area contributed by atoms with Crippen LogP contribution in [0.3, 0.4) is 0 Å². The van der Waals surface area contributed by atoms with Crippen molar-refractivity contribution in [3.05, 3.63) is 23.8 Å². The van der Waals surface area contributed by atoms with Crippen molar-refractivity contribution < 1.29 is 24.2 Å². The molecule has 1 aromatic rings. The standard InChI is InChI=1S/C16H22N2O5/c1-22-13-4-3-12(9-14(13)23-2)15(19)17-10-18-7-5-11(6-8-18)16(20)21/h3-4,9,11H,5-8,10H2,1-2H3,(H,17,19)(H,20,21). The van der Waals surface area contributed by atoms with E-state index in [2.05, 4.69) is 5.32 Å². The molecular weight excluding hydrogens is 300 g/mol. The number of hydrogen-bond acceptors (Lipinski definition) is 5. The average Bonchev–Trinajstić information content (AvgIpc) is 2.59. The van der Waals surface area contributed by atoms with Crippen LogP contribution in [0, 0.1) is 5.92 Å². The number of carbonyl (C=O) groups is 2. The molecule has 1 heterocycles. The molecule has 126 valence electrons. The van der Waals surface area contributed by atoms with Crippen molar-refractivity contribution in [3.63, 3.8) is 0 Å². The van der Waals surface area contributed by atoms with E-state index in [-0.39, 0.29) is 11.8 Å². The highest BCUT2D eigenvalue weighted by molar-refractivity contribution is 5.94. The summed E-state index contributed by atoms with van der Waals surface area (Å²) in [6.45, 7) is 1.74. The van der Waals surface area contributed by atoms with Crippen molar-refractivity contribution in [3.8, 4) is 11.5 Å². The Hall–Kier alpha value is -2.28. The number of piperidine rings is 1. The predicted octanol–water partition coefficient (Wildman–Crippen LogP) is 1.19. The fourth-order valence-corrected chi connectivity index (χ4v) is 2.60. The van der Waals surface area contributed by atoms with Gasteiger partial charge in [-0.15, -0.1) is 0 Å². The van der Waals surface area contributed by atoms with Gasteiger partial charge in [-0.3, -0.25) is 14.5 Å². The van der Waals surface area contributed by atoms with Gasteiger partial charge in [-0.2, -0.15) is 0 Å². The number of nitrogens with zero attached hydrogens (tertiary/aromatic N) is 1. The molecule has 1 saturated heterocycles. The number of methoxy groups -OCH3 is 2. The molecule has 0 aliphatic carbocycles. The van der Waals surface area contributed by atoms with Gasteiger partial charge in [-0.1, -0.05) is 0 Å². The van der Waals surface area contributed by atoms with Gasteiger partial charge < -0.3 is 19.9 Å². The highest BCUT2D eigenvalue weighted by atomic mass is 16.5. The van der Waals surface area contributed by atoms with Crippen LogP contribution in [0.5, 0.6) is 11.5 Å². The minimum Gasteiger partial charge on any atom is -0.493 e. The number of ether oxygens (including phenoxy) is 2. The maximum Gasteiger partial charge on any atom is 0.306 e. The highest BCUT2D eigenvalue weighted by Gasteiger charge is 2.24. The van der Waals surface area contributed by atoms with Gasteiger partial charge in [0.1, 0.15) is 0 Å². The van der Waals surface area contributed by atoms with Crippen LogP contribution in [0.2, 0.25) is 0 Å². The summed E-state index contributed by atoms with van der Waals surface area (Å²) in [7, 11) is 3.06. The van der Waals surface area contributed by atoms with Crippen molar-refractivity contribution >= 4 is 11.9 Å². The normalized spacial score (nSPS) is 15.9.